The number of rotatable bonds is 7. The van der Waals surface area contributed by atoms with Crippen molar-refractivity contribution in [2.45, 2.75) is 51.6 Å². The summed E-state index contributed by atoms with van der Waals surface area (Å²) in [6.07, 6.45) is 7.54. The lowest BCUT2D eigenvalue weighted by Crippen LogP contribution is -2.44. The van der Waals surface area contributed by atoms with Crippen LogP contribution in [0.5, 0.6) is 11.5 Å². The maximum atomic E-state index is 11.7. The Balaban J connectivity index is 1.51. The van der Waals surface area contributed by atoms with E-state index in [1.807, 2.05) is 49.4 Å². The molecule has 1 spiro atoms. The maximum absolute atomic E-state index is 11.7. The van der Waals surface area contributed by atoms with Gasteiger partial charge in [0.05, 0.1) is 12.3 Å². The van der Waals surface area contributed by atoms with Crippen LogP contribution in [0.3, 0.4) is 0 Å². The van der Waals surface area contributed by atoms with E-state index in [1.54, 1.807) is 6.92 Å². The summed E-state index contributed by atoms with van der Waals surface area (Å²) in [6.45, 7) is 3.98. The van der Waals surface area contributed by atoms with E-state index in [0.29, 0.717) is 17.5 Å². The summed E-state index contributed by atoms with van der Waals surface area (Å²) in [5, 5.41) is 3.65. The lowest BCUT2D eigenvalue weighted by Gasteiger charge is -2.39. The molecule has 180 valence electrons. The van der Waals surface area contributed by atoms with Crippen LogP contribution in [0.4, 0.5) is 5.69 Å². The Morgan fingerprint density at radius 1 is 1.15 bits per heavy atom. The molecule has 2 aromatic carbocycles. The summed E-state index contributed by atoms with van der Waals surface area (Å²) in [5.74, 6) is 0.929. The van der Waals surface area contributed by atoms with Crippen molar-refractivity contribution in [2.75, 3.05) is 18.5 Å². The van der Waals surface area contributed by atoms with Crippen molar-refractivity contribution in [1.82, 2.24) is 10.9 Å². The van der Waals surface area contributed by atoms with E-state index in [9.17, 15) is 4.79 Å². The van der Waals surface area contributed by atoms with Crippen molar-refractivity contribution in [1.29, 1.82) is 0 Å². The third-order valence-corrected chi connectivity index (χ3v) is 6.11. The number of nitrogens with one attached hydrogen (secondary N) is 3. The van der Waals surface area contributed by atoms with Crippen LogP contribution in [0.2, 0.25) is 0 Å². The topological polar surface area (TPSA) is 80.9 Å². The maximum Gasteiger partial charge on any atom is 0.344 e. The van der Waals surface area contributed by atoms with Gasteiger partial charge < -0.3 is 19.5 Å². The van der Waals surface area contributed by atoms with Crippen molar-refractivity contribution in [3.8, 4) is 11.5 Å². The fourth-order valence-electron chi connectivity index (χ4n) is 4.34. The first-order valence-electron chi connectivity index (χ1n) is 11.7. The molecule has 0 amide bonds. The summed E-state index contributed by atoms with van der Waals surface area (Å²) >= 11 is 5.50. The van der Waals surface area contributed by atoms with Gasteiger partial charge >= 0.3 is 5.97 Å². The lowest BCUT2D eigenvalue weighted by atomic mass is 9.82. The molecule has 0 radical (unpaired) electrons. The quantitative estimate of drug-likeness (QED) is 0.294. The Bertz CT molecular complexity index is 1080. The SMILES string of the molecule is CCOC(=O)COc1ccc2c(c1)C(NNC(=S)Nc1cccc(C)c1)=CC1(CCCCC1)O2. The number of ether oxygens (including phenoxy) is 3. The Morgan fingerprint density at radius 3 is 2.74 bits per heavy atom. The molecule has 4 rings (SSSR count). The average Bonchev–Trinajstić information content (AvgIpc) is 2.82. The van der Waals surface area contributed by atoms with Gasteiger partial charge in [-0.05, 0) is 93.7 Å². The highest BCUT2D eigenvalue weighted by molar-refractivity contribution is 7.80. The molecule has 2 aromatic rings. The van der Waals surface area contributed by atoms with Crippen LogP contribution in [0.1, 0.15) is 50.2 Å². The van der Waals surface area contributed by atoms with E-state index < -0.39 is 5.97 Å². The predicted molar refractivity (Wildman–Crippen MR) is 137 cm³/mol. The second kappa shape index (κ2) is 10.8. The molecule has 0 bridgehead atoms. The minimum absolute atomic E-state index is 0.146. The Morgan fingerprint density at radius 2 is 1.97 bits per heavy atom. The van der Waals surface area contributed by atoms with E-state index in [0.717, 1.165) is 53.9 Å². The molecule has 8 heteroatoms. The van der Waals surface area contributed by atoms with Crippen LogP contribution >= 0.6 is 12.2 Å². The Kier molecular flexibility index (Phi) is 7.57. The van der Waals surface area contributed by atoms with E-state index >= 15 is 0 Å². The highest BCUT2D eigenvalue weighted by atomic mass is 32.1. The van der Waals surface area contributed by atoms with Gasteiger partial charge in [0, 0.05) is 11.3 Å². The molecule has 2 aliphatic rings. The molecule has 1 saturated carbocycles. The predicted octanol–water partition coefficient (Wildman–Crippen LogP) is 4.86. The number of esters is 1. The number of hydrazine groups is 1. The number of thiocarbonyl (C=S) groups is 1. The van der Waals surface area contributed by atoms with Gasteiger partial charge in [0.25, 0.3) is 0 Å². The molecule has 1 aliphatic carbocycles. The zero-order valence-electron chi connectivity index (χ0n) is 19.6. The van der Waals surface area contributed by atoms with Gasteiger partial charge in [-0.3, -0.25) is 10.9 Å². The van der Waals surface area contributed by atoms with Crippen molar-refractivity contribution in [3.63, 3.8) is 0 Å². The standard InChI is InChI=1S/C26H31N3O4S/c1-3-31-24(30)17-32-20-10-11-23-21(15-20)22(16-26(33-23)12-5-4-6-13-26)28-29-25(34)27-19-9-7-8-18(2)14-19/h7-11,14-16,28H,3-6,12-13,17H2,1-2H3,(H2,27,29,34). The van der Waals surface area contributed by atoms with Crippen LogP contribution in [-0.2, 0) is 9.53 Å². The molecular formula is C26H31N3O4S. The van der Waals surface area contributed by atoms with Crippen molar-refractivity contribution in [2.24, 2.45) is 0 Å². The van der Waals surface area contributed by atoms with Gasteiger partial charge in [-0.2, -0.15) is 0 Å². The number of anilines is 1. The van der Waals surface area contributed by atoms with Gasteiger partial charge in [-0.25, -0.2) is 4.79 Å². The first-order chi connectivity index (χ1) is 16.5. The van der Waals surface area contributed by atoms with Crippen LogP contribution in [0, 0.1) is 6.92 Å². The molecule has 3 N–H and O–H groups in total. The molecule has 1 aliphatic heterocycles. The third kappa shape index (κ3) is 5.99. The molecule has 0 unspecified atom stereocenters. The van der Waals surface area contributed by atoms with Gasteiger partial charge in [-0.1, -0.05) is 18.6 Å². The number of hydrogen-bond acceptors (Lipinski definition) is 6. The van der Waals surface area contributed by atoms with E-state index in [-0.39, 0.29) is 12.2 Å². The fraction of sp³-hybridized carbons (Fsp3) is 0.385. The molecule has 7 nitrogen and oxygen atoms in total. The number of benzene rings is 2. The zero-order valence-corrected chi connectivity index (χ0v) is 20.4. The number of carbonyl (C=O) groups is 1. The smallest absolute Gasteiger partial charge is 0.344 e. The van der Waals surface area contributed by atoms with Gasteiger partial charge in [-0.15, -0.1) is 0 Å². The first-order valence-corrected chi connectivity index (χ1v) is 12.1. The van der Waals surface area contributed by atoms with E-state index in [4.69, 9.17) is 26.4 Å². The lowest BCUT2D eigenvalue weighted by molar-refractivity contribution is -0.145. The molecule has 0 aromatic heterocycles. The second-order valence-corrected chi connectivity index (χ2v) is 9.02. The minimum atomic E-state index is -0.402. The Hall–Kier alpha value is -3.26. The summed E-state index contributed by atoms with van der Waals surface area (Å²) in [5.41, 5.74) is 9.80. The zero-order chi connectivity index (χ0) is 24.0. The summed E-state index contributed by atoms with van der Waals surface area (Å²) in [7, 11) is 0. The molecule has 0 saturated heterocycles. The van der Waals surface area contributed by atoms with Gasteiger partial charge in [0.2, 0.25) is 0 Å². The van der Waals surface area contributed by atoms with Crippen molar-refractivity contribution >= 4 is 34.7 Å². The molecule has 1 heterocycles. The summed E-state index contributed by atoms with van der Waals surface area (Å²) in [4.78, 5) is 11.7. The number of carbonyl (C=O) groups excluding carboxylic acids is 1. The summed E-state index contributed by atoms with van der Waals surface area (Å²) in [6, 6.07) is 13.6. The minimum Gasteiger partial charge on any atom is -0.482 e. The molecule has 0 atom stereocenters. The average molecular weight is 482 g/mol. The largest absolute Gasteiger partial charge is 0.482 e. The van der Waals surface area contributed by atoms with E-state index in [2.05, 4.69) is 22.2 Å². The van der Waals surface area contributed by atoms with Crippen LogP contribution in [0.25, 0.3) is 5.70 Å². The summed E-state index contributed by atoms with van der Waals surface area (Å²) < 4.78 is 17.1. The molecular weight excluding hydrogens is 450 g/mol. The van der Waals surface area contributed by atoms with Crippen LogP contribution in [0.15, 0.2) is 48.5 Å². The second-order valence-electron chi connectivity index (χ2n) is 8.61. The van der Waals surface area contributed by atoms with E-state index in [1.165, 1.54) is 6.42 Å². The van der Waals surface area contributed by atoms with Crippen molar-refractivity contribution < 1.29 is 19.0 Å². The highest BCUT2D eigenvalue weighted by Crippen LogP contribution is 2.43. The number of fused-ring (bicyclic) bond motifs is 1. The normalized spacial score (nSPS) is 15.9. The molecule has 1 fully saturated rings. The van der Waals surface area contributed by atoms with Crippen LogP contribution in [-0.4, -0.2) is 29.9 Å². The number of aryl methyl sites for hydroxylation is 1. The number of hydrogen-bond donors (Lipinski definition) is 3. The molecule has 34 heavy (non-hydrogen) atoms. The fourth-order valence-corrected chi connectivity index (χ4v) is 4.51. The van der Waals surface area contributed by atoms with Gasteiger partial charge in [0.1, 0.15) is 17.1 Å². The van der Waals surface area contributed by atoms with Gasteiger partial charge in [0.15, 0.2) is 11.7 Å². The first kappa shape index (κ1) is 23.9. The highest BCUT2D eigenvalue weighted by Gasteiger charge is 2.37. The third-order valence-electron chi connectivity index (χ3n) is 5.91. The Labute approximate surface area is 205 Å². The monoisotopic (exact) mass is 481 g/mol. The van der Waals surface area contributed by atoms with Crippen molar-refractivity contribution in [3.05, 3.63) is 59.7 Å². The van der Waals surface area contributed by atoms with Crippen LogP contribution < -0.4 is 25.6 Å².